The molecule has 0 spiro atoms. The minimum Gasteiger partial charge on any atom is -0.300 e. The SMILES string of the molecule is Cc1nc[nH]c1[N+](C)(C)C. The van der Waals surface area contributed by atoms with Gasteiger partial charge in [0, 0.05) is 0 Å². The Kier molecular flexibility index (Phi) is 1.52. The molecule has 0 saturated heterocycles. The van der Waals surface area contributed by atoms with Crippen LogP contribution in [0.25, 0.3) is 0 Å². The van der Waals surface area contributed by atoms with Crippen molar-refractivity contribution in [3.63, 3.8) is 0 Å². The van der Waals surface area contributed by atoms with E-state index in [1.54, 1.807) is 6.33 Å². The molecule has 0 aliphatic rings. The number of rotatable bonds is 1. The highest BCUT2D eigenvalue weighted by Gasteiger charge is 2.16. The zero-order valence-electron chi connectivity index (χ0n) is 6.97. The van der Waals surface area contributed by atoms with Crippen molar-refractivity contribution >= 4 is 5.82 Å². The fourth-order valence-corrected chi connectivity index (χ4v) is 1.03. The normalized spacial score (nSPS) is 12.0. The molecule has 1 heterocycles. The second kappa shape index (κ2) is 2.09. The third kappa shape index (κ3) is 1.19. The van der Waals surface area contributed by atoms with Gasteiger partial charge in [0.2, 0.25) is 5.82 Å². The van der Waals surface area contributed by atoms with Gasteiger partial charge in [-0.2, -0.15) is 0 Å². The summed E-state index contributed by atoms with van der Waals surface area (Å²) in [5.74, 6) is 1.17. The second-order valence-corrected chi connectivity index (χ2v) is 3.35. The highest BCUT2D eigenvalue weighted by molar-refractivity contribution is 5.36. The van der Waals surface area contributed by atoms with E-state index in [1.807, 2.05) is 6.92 Å². The highest BCUT2D eigenvalue weighted by atomic mass is 15.3. The van der Waals surface area contributed by atoms with E-state index in [1.165, 1.54) is 5.82 Å². The fourth-order valence-electron chi connectivity index (χ4n) is 1.03. The number of nitrogens with zero attached hydrogens (tertiary/aromatic N) is 2. The first-order valence-corrected chi connectivity index (χ1v) is 3.34. The average Bonchev–Trinajstić information content (AvgIpc) is 2.11. The summed E-state index contributed by atoms with van der Waals surface area (Å²) in [4.78, 5) is 7.22. The molecule has 1 rings (SSSR count). The number of aryl methyl sites for hydroxylation is 1. The van der Waals surface area contributed by atoms with Crippen LogP contribution < -0.4 is 4.48 Å². The van der Waals surface area contributed by atoms with Gasteiger partial charge in [-0.25, -0.2) is 4.98 Å². The van der Waals surface area contributed by atoms with E-state index in [0.717, 1.165) is 10.2 Å². The summed E-state index contributed by atoms with van der Waals surface area (Å²) in [6, 6.07) is 0. The quantitative estimate of drug-likeness (QED) is 0.577. The van der Waals surface area contributed by atoms with Gasteiger partial charge in [0.05, 0.1) is 27.5 Å². The van der Waals surface area contributed by atoms with Crippen LogP contribution in [0, 0.1) is 6.92 Å². The molecule has 0 aromatic carbocycles. The first-order valence-electron chi connectivity index (χ1n) is 3.34. The van der Waals surface area contributed by atoms with Crippen molar-refractivity contribution in [2.75, 3.05) is 21.1 Å². The van der Waals surface area contributed by atoms with Crippen LogP contribution in [0.1, 0.15) is 5.69 Å². The molecule has 1 aromatic heterocycles. The molecule has 3 heteroatoms. The van der Waals surface area contributed by atoms with Crippen LogP contribution in [-0.4, -0.2) is 31.1 Å². The predicted octanol–water partition coefficient (Wildman–Crippen LogP) is 0.915. The van der Waals surface area contributed by atoms with Crippen LogP contribution >= 0.6 is 0 Å². The minimum absolute atomic E-state index is 0.797. The number of nitrogens with one attached hydrogen (secondary N) is 1. The van der Waals surface area contributed by atoms with Crippen LogP contribution in [-0.2, 0) is 0 Å². The van der Waals surface area contributed by atoms with Gasteiger partial charge >= 0.3 is 0 Å². The number of imidazole rings is 1. The zero-order valence-corrected chi connectivity index (χ0v) is 6.97. The lowest BCUT2D eigenvalue weighted by molar-refractivity contribution is 0.472. The first-order chi connectivity index (χ1) is 4.52. The molecule has 56 valence electrons. The lowest BCUT2D eigenvalue weighted by atomic mass is 10.4. The summed E-state index contributed by atoms with van der Waals surface area (Å²) in [6.45, 7) is 2.01. The molecule has 0 atom stereocenters. The number of quaternary nitrogens is 1. The molecule has 0 aliphatic heterocycles. The van der Waals surface area contributed by atoms with Crippen LogP contribution in [0.3, 0.4) is 0 Å². The van der Waals surface area contributed by atoms with E-state index in [9.17, 15) is 0 Å². The third-order valence-corrected chi connectivity index (χ3v) is 1.47. The molecule has 1 aromatic rings. The summed E-state index contributed by atoms with van der Waals surface area (Å²) >= 11 is 0. The van der Waals surface area contributed by atoms with E-state index in [2.05, 4.69) is 31.1 Å². The molecule has 10 heavy (non-hydrogen) atoms. The third-order valence-electron chi connectivity index (χ3n) is 1.47. The Bertz CT molecular complexity index is 219. The van der Waals surface area contributed by atoms with Crippen molar-refractivity contribution in [3.8, 4) is 0 Å². The van der Waals surface area contributed by atoms with E-state index < -0.39 is 0 Å². The van der Waals surface area contributed by atoms with Gasteiger partial charge in [-0.15, -0.1) is 0 Å². The van der Waals surface area contributed by atoms with Crippen LogP contribution in [0.4, 0.5) is 5.82 Å². The van der Waals surface area contributed by atoms with Crippen molar-refractivity contribution in [1.29, 1.82) is 0 Å². The van der Waals surface area contributed by atoms with Gasteiger partial charge in [-0.05, 0) is 6.92 Å². The summed E-state index contributed by atoms with van der Waals surface area (Å²) < 4.78 is 0.797. The smallest absolute Gasteiger partial charge is 0.227 e. The molecular formula is C7H14N3+. The molecule has 0 fully saturated rings. The van der Waals surface area contributed by atoms with Crippen LogP contribution in [0.5, 0.6) is 0 Å². The van der Waals surface area contributed by atoms with Crippen molar-refractivity contribution in [2.24, 2.45) is 0 Å². The highest BCUT2D eigenvalue weighted by Crippen LogP contribution is 2.15. The monoisotopic (exact) mass is 140 g/mol. The van der Waals surface area contributed by atoms with Gasteiger partial charge in [0.1, 0.15) is 5.69 Å². The Morgan fingerprint density at radius 3 is 2.20 bits per heavy atom. The minimum atomic E-state index is 0.797. The molecule has 0 bridgehead atoms. The lowest BCUT2D eigenvalue weighted by Gasteiger charge is -2.21. The van der Waals surface area contributed by atoms with E-state index >= 15 is 0 Å². The van der Waals surface area contributed by atoms with Crippen molar-refractivity contribution in [2.45, 2.75) is 6.92 Å². The van der Waals surface area contributed by atoms with E-state index in [0.29, 0.717) is 0 Å². The lowest BCUT2D eigenvalue weighted by Crippen LogP contribution is -2.35. The van der Waals surface area contributed by atoms with Crippen molar-refractivity contribution < 1.29 is 0 Å². The van der Waals surface area contributed by atoms with Crippen molar-refractivity contribution in [3.05, 3.63) is 12.0 Å². The average molecular weight is 140 g/mol. The topological polar surface area (TPSA) is 28.7 Å². The molecule has 0 amide bonds. The molecule has 1 N–H and O–H groups in total. The Balaban J connectivity index is 3.05. The van der Waals surface area contributed by atoms with Gasteiger partial charge < -0.3 is 0 Å². The summed E-state index contributed by atoms with van der Waals surface area (Å²) in [7, 11) is 6.33. The number of aromatic amines is 1. The van der Waals surface area contributed by atoms with Crippen LogP contribution in [0.15, 0.2) is 6.33 Å². The van der Waals surface area contributed by atoms with Gasteiger partial charge in [-0.1, -0.05) is 0 Å². The van der Waals surface area contributed by atoms with Gasteiger partial charge in [-0.3, -0.25) is 9.47 Å². The maximum absolute atomic E-state index is 4.11. The first kappa shape index (κ1) is 7.28. The van der Waals surface area contributed by atoms with E-state index in [-0.39, 0.29) is 0 Å². The Morgan fingerprint density at radius 2 is 2.00 bits per heavy atom. The Labute approximate surface area is 61.3 Å². The zero-order chi connectivity index (χ0) is 7.78. The van der Waals surface area contributed by atoms with Crippen molar-refractivity contribution in [1.82, 2.24) is 14.5 Å². The van der Waals surface area contributed by atoms with Crippen LogP contribution in [0.2, 0.25) is 0 Å². The standard InChI is InChI=1S/C7H14N3/c1-6-7(9-5-8-6)10(2,3)4/h5H,1-4H3,(H,8,9)/q+1. The number of hydrogen-bond acceptors (Lipinski definition) is 1. The van der Waals surface area contributed by atoms with Gasteiger partial charge in [0.25, 0.3) is 0 Å². The maximum Gasteiger partial charge on any atom is 0.227 e. The molecule has 3 nitrogen and oxygen atoms in total. The molecule has 0 aliphatic carbocycles. The Hall–Kier alpha value is -0.830. The molecular weight excluding hydrogens is 126 g/mol. The van der Waals surface area contributed by atoms with E-state index in [4.69, 9.17) is 0 Å². The Morgan fingerprint density at radius 1 is 1.40 bits per heavy atom. The number of aromatic nitrogens is 2. The summed E-state index contributed by atoms with van der Waals surface area (Å²) in [5.41, 5.74) is 1.08. The van der Waals surface area contributed by atoms with Gasteiger partial charge in [0.15, 0.2) is 0 Å². The second-order valence-electron chi connectivity index (χ2n) is 3.35. The maximum atomic E-state index is 4.11. The largest absolute Gasteiger partial charge is 0.300 e. The fraction of sp³-hybridized carbons (Fsp3) is 0.571. The molecule has 0 radical (unpaired) electrons. The number of hydrogen-bond donors (Lipinski definition) is 1. The molecule has 0 saturated carbocycles. The summed E-state index contributed by atoms with van der Waals surface area (Å²) in [5, 5.41) is 0. The molecule has 0 unspecified atom stereocenters. The summed E-state index contributed by atoms with van der Waals surface area (Å²) in [6.07, 6.45) is 1.73. The predicted molar refractivity (Wildman–Crippen MR) is 42.9 cm³/mol. The number of H-pyrrole nitrogens is 1.